The molecule has 2 atom stereocenters. The predicted octanol–water partition coefficient (Wildman–Crippen LogP) is 2.43. The molecule has 0 spiro atoms. The van der Waals surface area contributed by atoms with Gasteiger partial charge in [-0.15, -0.1) is 0 Å². The first-order valence-electron chi connectivity index (χ1n) is 6.30. The van der Waals surface area contributed by atoms with Gasteiger partial charge in [0, 0.05) is 13.1 Å². The average Bonchev–Trinajstić information content (AvgIpc) is 2.10. The van der Waals surface area contributed by atoms with Crippen LogP contribution in [0.2, 0.25) is 0 Å². The highest BCUT2D eigenvalue weighted by atomic mass is 32.1. The van der Waals surface area contributed by atoms with Gasteiger partial charge in [-0.25, -0.2) is 0 Å². The summed E-state index contributed by atoms with van der Waals surface area (Å²) in [6, 6.07) is 0. The van der Waals surface area contributed by atoms with E-state index in [1.165, 1.54) is 0 Å². The van der Waals surface area contributed by atoms with Gasteiger partial charge < -0.3 is 10.0 Å². The first-order valence-corrected chi connectivity index (χ1v) is 6.93. The molecule has 1 saturated heterocycles. The van der Waals surface area contributed by atoms with E-state index in [0.717, 1.165) is 38.2 Å². The van der Waals surface area contributed by atoms with E-state index < -0.39 is 5.60 Å². The summed E-state index contributed by atoms with van der Waals surface area (Å²) in [4.78, 5) is 2.40. The minimum atomic E-state index is -0.489. The standard InChI is InChI=1S/C13H27NOS/c1-12(2,3)11(9-16)8-14-7-5-6-13(4,15)10-14/h11,15-16H,5-10H2,1-4H3. The van der Waals surface area contributed by atoms with Crippen LogP contribution in [-0.2, 0) is 0 Å². The Morgan fingerprint density at radius 1 is 1.44 bits per heavy atom. The van der Waals surface area contributed by atoms with Gasteiger partial charge in [-0.3, -0.25) is 0 Å². The van der Waals surface area contributed by atoms with Gasteiger partial charge in [0.2, 0.25) is 0 Å². The van der Waals surface area contributed by atoms with Crippen LogP contribution in [0.4, 0.5) is 0 Å². The largest absolute Gasteiger partial charge is 0.389 e. The molecular weight excluding hydrogens is 218 g/mol. The third-order valence-corrected chi connectivity index (χ3v) is 4.12. The zero-order valence-corrected chi connectivity index (χ0v) is 12.1. The summed E-state index contributed by atoms with van der Waals surface area (Å²) in [5, 5.41) is 10.1. The van der Waals surface area contributed by atoms with Crippen LogP contribution >= 0.6 is 12.6 Å². The van der Waals surface area contributed by atoms with E-state index in [4.69, 9.17) is 0 Å². The Morgan fingerprint density at radius 3 is 2.50 bits per heavy atom. The minimum absolute atomic E-state index is 0.297. The van der Waals surface area contributed by atoms with Gasteiger partial charge in [-0.05, 0) is 43.4 Å². The van der Waals surface area contributed by atoms with Crippen molar-refractivity contribution in [2.24, 2.45) is 11.3 Å². The molecule has 1 aliphatic rings. The fraction of sp³-hybridized carbons (Fsp3) is 1.00. The highest BCUT2D eigenvalue weighted by molar-refractivity contribution is 7.80. The van der Waals surface area contributed by atoms with E-state index in [1.807, 2.05) is 6.92 Å². The Bertz CT molecular complexity index is 222. The highest BCUT2D eigenvalue weighted by Crippen LogP contribution is 2.29. The van der Waals surface area contributed by atoms with E-state index in [2.05, 4.69) is 38.3 Å². The number of rotatable bonds is 3. The van der Waals surface area contributed by atoms with E-state index in [1.54, 1.807) is 0 Å². The molecule has 96 valence electrons. The molecule has 3 heteroatoms. The number of likely N-dealkylation sites (tertiary alicyclic amines) is 1. The van der Waals surface area contributed by atoms with Crippen molar-refractivity contribution in [2.45, 2.75) is 46.1 Å². The van der Waals surface area contributed by atoms with E-state index in [0.29, 0.717) is 11.3 Å². The summed E-state index contributed by atoms with van der Waals surface area (Å²) in [6.07, 6.45) is 2.04. The molecule has 1 aliphatic heterocycles. The zero-order chi connectivity index (χ0) is 12.4. The Kier molecular flexibility index (Phi) is 4.73. The van der Waals surface area contributed by atoms with Crippen molar-refractivity contribution in [1.29, 1.82) is 0 Å². The Morgan fingerprint density at radius 2 is 2.06 bits per heavy atom. The van der Waals surface area contributed by atoms with Crippen molar-refractivity contribution in [1.82, 2.24) is 4.90 Å². The van der Waals surface area contributed by atoms with Crippen LogP contribution in [0, 0.1) is 11.3 Å². The summed E-state index contributed by atoms with van der Waals surface area (Å²) in [7, 11) is 0. The van der Waals surface area contributed by atoms with Crippen molar-refractivity contribution in [2.75, 3.05) is 25.4 Å². The molecule has 0 aromatic carbocycles. The van der Waals surface area contributed by atoms with Crippen molar-refractivity contribution in [3.8, 4) is 0 Å². The first-order chi connectivity index (χ1) is 7.24. The number of hydrogen-bond acceptors (Lipinski definition) is 3. The smallest absolute Gasteiger partial charge is 0.0746 e. The lowest BCUT2D eigenvalue weighted by Gasteiger charge is -2.41. The van der Waals surface area contributed by atoms with Gasteiger partial charge in [0.15, 0.2) is 0 Å². The molecular formula is C13H27NOS. The molecule has 1 N–H and O–H groups in total. The Hall–Kier alpha value is 0.270. The molecule has 1 rings (SSSR count). The van der Waals surface area contributed by atoms with Gasteiger partial charge in [-0.1, -0.05) is 20.8 Å². The molecule has 0 aromatic rings. The molecule has 1 fully saturated rings. The zero-order valence-electron chi connectivity index (χ0n) is 11.2. The van der Waals surface area contributed by atoms with Gasteiger partial charge in [0.25, 0.3) is 0 Å². The summed E-state index contributed by atoms with van der Waals surface area (Å²) in [5.74, 6) is 1.51. The molecule has 0 saturated carbocycles. The summed E-state index contributed by atoms with van der Waals surface area (Å²) < 4.78 is 0. The van der Waals surface area contributed by atoms with Gasteiger partial charge in [0.05, 0.1) is 5.60 Å². The second-order valence-electron chi connectivity index (χ2n) is 6.58. The molecule has 2 nitrogen and oxygen atoms in total. The van der Waals surface area contributed by atoms with Crippen molar-refractivity contribution in [3.05, 3.63) is 0 Å². The fourth-order valence-electron chi connectivity index (χ4n) is 2.40. The number of piperidine rings is 1. The normalized spacial score (nSPS) is 30.4. The third kappa shape index (κ3) is 4.27. The Labute approximate surface area is 106 Å². The molecule has 0 bridgehead atoms. The van der Waals surface area contributed by atoms with Gasteiger partial charge in [-0.2, -0.15) is 12.6 Å². The molecule has 0 aliphatic carbocycles. The maximum atomic E-state index is 10.1. The van der Waals surface area contributed by atoms with Crippen LogP contribution < -0.4 is 0 Å². The topological polar surface area (TPSA) is 23.5 Å². The maximum Gasteiger partial charge on any atom is 0.0746 e. The predicted molar refractivity (Wildman–Crippen MR) is 73.1 cm³/mol. The second kappa shape index (κ2) is 5.28. The third-order valence-electron chi connectivity index (χ3n) is 3.68. The van der Waals surface area contributed by atoms with E-state index in [-0.39, 0.29) is 0 Å². The molecule has 0 amide bonds. The molecule has 2 unspecified atom stereocenters. The molecule has 1 heterocycles. The summed E-state index contributed by atoms with van der Waals surface area (Å²) >= 11 is 4.46. The van der Waals surface area contributed by atoms with Crippen LogP contribution in [0.3, 0.4) is 0 Å². The number of aliphatic hydroxyl groups is 1. The van der Waals surface area contributed by atoms with Gasteiger partial charge >= 0.3 is 0 Å². The molecule has 0 aromatic heterocycles. The van der Waals surface area contributed by atoms with Crippen LogP contribution in [-0.4, -0.2) is 41.0 Å². The minimum Gasteiger partial charge on any atom is -0.389 e. The van der Waals surface area contributed by atoms with Crippen LogP contribution in [0.15, 0.2) is 0 Å². The maximum absolute atomic E-state index is 10.1. The quantitative estimate of drug-likeness (QED) is 0.746. The SMILES string of the molecule is CC1(O)CCCN(CC(CS)C(C)(C)C)C1. The lowest BCUT2D eigenvalue weighted by molar-refractivity contribution is -0.0238. The monoisotopic (exact) mass is 245 g/mol. The Balaban J connectivity index is 2.52. The summed E-state index contributed by atoms with van der Waals surface area (Å²) in [5.41, 5.74) is -0.192. The number of nitrogens with zero attached hydrogens (tertiary/aromatic N) is 1. The van der Waals surface area contributed by atoms with Gasteiger partial charge in [0.1, 0.15) is 0 Å². The number of β-amino-alcohol motifs (C(OH)–C–C–N with tert-alkyl or cyclic N) is 1. The van der Waals surface area contributed by atoms with E-state index in [9.17, 15) is 5.11 Å². The lowest BCUT2D eigenvalue weighted by atomic mass is 9.81. The lowest BCUT2D eigenvalue weighted by Crippen LogP contribution is -2.49. The van der Waals surface area contributed by atoms with Crippen LogP contribution in [0.5, 0.6) is 0 Å². The molecule has 16 heavy (non-hydrogen) atoms. The fourth-order valence-corrected chi connectivity index (χ4v) is 3.06. The van der Waals surface area contributed by atoms with Crippen molar-refractivity contribution in [3.63, 3.8) is 0 Å². The second-order valence-corrected chi connectivity index (χ2v) is 6.95. The first kappa shape index (κ1) is 14.3. The van der Waals surface area contributed by atoms with Crippen molar-refractivity contribution < 1.29 is 5.11 Å². The number of thiol groups is 1. The van der Waals surface area contributed by atoms with Crippen LogP contribution in [0.1, 0.15) is 40.5 Å². The molecule has 0 radical (unpaired) electrons. The number of hydrogen-bond donors (Lipinski definition) is 2. The highest BCUT2D eigenvalue weighted by Gasteiger charge is 2.32. The van der Waals surface area contributed by atoms with Crippen molar-refractivity contribution >= 4 is 12.6 Å². The van der Waals surface area contributed by atoms with Crippen LogP contribution in [0.25, 0.3) is 0 Å². The average molecular weight is 245 g/mol. The summed E-state index contributed by atoms with van der Waals surface area (Å²) in [6.45, 7) is 11.8. The van der Waals surface area contributed by atoms with E-state index >= 15 is 0 Å².